The molecule has 0 saturated carbocycles. The summed E-state index contributed by atoms with van der Waals surface area (Å²) in [6.07, 6.45) is 5.52. The highest BCUT2D eigenvalue weighted by Crippen LogP contribution is 2.22. The van der Waals surface area contributed by atoms with E-state index in [1.54, 1.807) is 17.8 Å². The Bertz CT molecular complexity index is 829. The van der Waals surface area contributed by atoms with Gasteiger partial charge in [-0.3, -0.25) is 9.59 Å². The van der Waals surface area contributed by atoms with Crippen LogP contribution in [0.3, 0.4) is 0 Å². The first kappa shape index (κ1) is 21.5. The van der Waals surface area contributed by atoms with Crippen LogP contribution in [0, 0.1) is 0 Å². The predicted molar refractivity (Wildman–Crippen MR) is 114 cm³/mol. The van der Waals surface area contributed by atoms with E-state index in [9.17, 15) is 14.7 Å². The first-order chi connectivity index (χ1) is 14.0. The second-order valence-electron chi connectivity index (χ2n) is 7.21. The molecule has 156 valence electrons. The summed E-state index contributed by atoms with van der Waals surface area (Å²) in [5.74, 6) is 1.67. The molecule has 2 atom stereocenters. The Kier molecular flexibility index (Phi) is 7.77. The van der Waals surface area contributed by atoms with Crippen molar-refractivity contribution in [3.63, 3.8) is 0 Å². The van der Waals surface area contributed by atoms with Crippen LogP contribution in [0.5, 0.6) is 0 Å². The zero-order valence-electron chi connectivity index (χ0n) is 16.3. The van der Waals surface area contributed by atoms with Gasteiger partial charge in [-0.25, -0.2) is 0 Å². The van der Waals surface area contributed by atoms with Gasteiger partial charge in [0.15, 0.2) is 0 Å². The van der Waals surface area contributed by atoms with Crippen LogP contribution in [0.1, 0.15) is 31.4 Å². The summed E-state index contributed by atoms with van der Waals surface area (Å²) >= 11 is 1.67. The number of aliphatic hydroxyl groups excluding tert-OH is 1. The average Bonchev–Trinajstić information content (AvgIpc) is 3.25. The fourth-order valence-corrected chi connectivity index (χ4v) is 4.38. The average molecular weight is 418 g/mol. The number of aliphatic carboxylic acids is 1. The van der Waals surface area contributed by atoms with Crippen molar-refractivity contribution in [3.05, 3.63) is 48.2 Å². The highest BCUT2D eigenvalue weighted by molar-refractivity contribution is 7.99. The zero-order valence-corrected chi connectivity index (χ0v) is 17.1. The molecule has 0 unspecified atom stereocenters. The highest BCUT2D eigenvalue weighted by atomic mass is 32.2. The summed E-state index contributed by atoms with van der Waals surface area (Å²) in [4.78, 5) is 24.5. The van der Waals surface area contributed by atoms with Crippen LogP contribution < -0.4 is 0 Å². The molecule has 0 radical (unpaired) electrons. The van der Waals surface area contributed by atoms with Gasteiger partial charge in [-0.1, -0.05) is 30.4 Å². The van der Waals surface area contributed by atoms with Crippen LogP contribution in [0.15, 0.2) is 46.9 Å². The number of nitrogens with zero attached hydrogens (tertiary/aromatic N) is 1. The fraction of sp³-hybridized carbons (Fsp3) is 0.455. The van der Waals surface area contributed by atoms with Crippen molar-refractivity contribution in [2.75, 3.05) is 18.1 Å². The Labute approximate surface area is 174 Å². The first-order valence-corrected chi connectivity index (χ1v) is 11.1. The molecular formula is C22H27NO5S. The van der Waals surface area contributed by atoms with Gasteiger partial charge in [0.1, 0.15) is 11.3 Å². The van der Waals surface area contributed by atoms with E-state index in [2.05, 4.69) is 0 Å². The number of hydrogen-bond donors (Lipinski definition) is 2. The molecule has 3 rings (SSSR count). The monoisotopic (exact) mass is 417 g/mol. The van der Waals surface area contributed by atoms with Gasteiger partial charge in [0.05, 0.1) is 12.1 Å². The number of para-hydroxylation sites is 1. The molecule has 2 heterocycles. The smallest absolute Gasteiger partial charge is 0.303 e. The largest absolute Gasteiger partial charge is 0.481 e. The Morgan fingerprint density at radius 1 is 1.34 bits per heavy atom. The molecule has 0 spiro atoms. The van der Waals surface area contributed by atoms with Crippen molar-refractivity contribution in [1.82, 2.24) is 4.90 Å². The molecule has 2 aromatic rings. The molecule has 1 aliphatic heterocycles. The van der Waals surface area contributed by atoms with Gasteiger partial charge in [-0.05, 0) is 30.7 Å². The minimum atomic E-state index is -0.772. The van der Waals surface area contributed by atoms with Crippen molar-refractivity contribution in [3.8, 4) is 0 Å². The molecule has 1 fully saturated rings. The van der Waals surface area contributed by atoms with Crippen molar-refractivity contribution in [2.45, 2.75) is 44.2 Å². The van der Waals surface area contributed by atoms with Crippen molar-refractivity contribution >= 4 is 34.6 Å². The molecule has 7 heteroatoms. The number of carboxylic acid groups (broad SMARTS) is 1. The van der Waals surface area contributed by atoms with Crippen LogP contribution in [-0.4, -0.2) is 57.2 Å². The summed E-state index contributed by atoms with van der Waals surface area (Å²) < 4.78 is 5.75. The quantitative estimate of drug-likeness (QED) is 0.430. The molecule has 29 heavy (non-hydrogen) atoms. The fourth-order valence-electron chi connectivity index (χ4n) is 3.50. The third kappa shape index (κ3) is 6.37. The zero-order chi connectivity index (χ0) is 20.6. The molecule has 2 N–H and O–H groups in total. The van der Waals surface area contributed by atoms with E-state index in [-0.39, 0.29) is 18.4 Å². The number of amides is 1. The molecule has 1 saturated heterocycles. The van der Waals surface area contributed by atoms with Crippen LogP contribution >= 0.6 is 11.8 Å². The van der Waals surface area contributed by atoms with Gasteiger partial charge in [0, 0.05) is 36.9 Å². The standard InChI is InChI=1S/C22H27NO5S/c24-18(15-19-14-16-4-1-2-5-20(16)28-19)9-7-17-8-10-21(25)23(17)11-13-29-12-3-6-22(26)27/h1-2,4-5,7,9,14,17-18,24H,3,6,8,10-13,15H2,(H,26,27)/b9-7+/t17-,18+/m0/s1. The number of likely N-dealkylation sites (tertiary alicyclic amines) is 1. The molecule has 1 aromatic heterocycles. The van der Waals surface area contributed by atoms with E-state index < -0.39 is 12.1 Å². The Balaban J connectivity index is 1.46. The lowest BCUT2D eigenvalue weighted by molar-refractivity contribution is -0.137. The number of benzene rings is 1. The molecule has 1 amide bonds. The van der Waals surface area contributed by atoms with E-state index in [0.717, 1.165) is 34.7 Å². The van der Waals surface area contributed by atoms with Gasteiger partial charge in [0.2, 0.25) is 5.91 Å². The number of rotatable bonds is 11. The lowest BCUT2D eigenvalue weighted by Gasteiger charge is -2.22. The van der Waals surface area contributed by atoms with Crippen LogP contribution in [-0.2, 0) is 16.0 Å². The van der Waals surface area contributed by atoms with E-state index in [4.69, 9.17) is 9.52 Å². The minimum Gasteiger partial charge on any atom is -0.481 e. The molecule has 1 aromatic carbocycles. The maximum absolute atomic E-state index is 12.2. The Hall–Kier alpha value is -2.25. The van der Waals surface area contributed by atoms with Gasteiger partial charge in [-0.15, -0.1) is 0 Å². The summed E-state index contributed by atoms with van der Waals surface area (Å²) in [7, 11) is 0. The predicted octanol–water partition coefficient (Wildman–Crippen LogP) is 3.48. The highest BCUT2D eigenvalue weighted by Gasteiger charge is 2.28. The number of thioether (sulfide) groups is 1. The van der Waals surface area contributed by atoms with Gasteiger partial charge in [0.25, 0.3) is 0 Å². The SMILES string of the molecule is O=C(O)CCCSCCN1C(=O)CC[C@@H]1/C=C/[C@@H](O)Cc1cc2ccccc2o1. The van der Waals surface area contributed by atoms with Crippen molar-refractivity contribution in [2.24, 2.45) is 0 Å². The number of carbonyl (C=O) groups excluding carboxylic acids is 1. The molecule has 1 aliphatic rings. The van der Waals surface area contributed by atoms with Gasteiger partial charge >= 0.3 is 5.97 Å². The molecular weight excluding hydrogens is 390 g/mol. The van der Waals surface area contributed by atoms with E-state index in [0.29, 0.717) is 25.8 Å². The third-order valence-electron chi connectivity index (χ3n) is 4.97. The Morgan fingerprint density at radius 3 is 2.97 bits per heavy atom. The number of carbonyl (C=O) groups is 2. The second kappa shape index (κ2) is 10.5. The summed E-state index contributed by atoms with van der Waals surface area (Å²) in [5, 5.41) is 20.0. The topological polar surface area (TPSA) is 91.0 Å². The summed E-state index contributed by atoms with van der Waals surface area (Å²) in [6, 6.07) is 9.71. The summed E-state index contributed by atoms with van der Waals surface area (Å²) in [5.41, 5.74) is 0.812. The van der Waals surface area contributed by atoms with E-state index in [1.807, 2.05) is 41.3 Å². The maximum atomic E-state index is 12.2. The lowest BCUT2D eigenvalue weighted by Crippen LogP contribution is -2.34. The second-order valence-corrected chi connectivity index (χ2v) is 8.43. The maximum Gasteiger partial charge on any atom is 0.303 e. The number of hydrogen-bond acceptors (Lipinski definition) is 5. The molecule has 6 nitrogen and oxygen atoms in total. The molecule has 0 bridgehead atoms. The minimum absolute atomic E-state index is 0.00689. The third-order valence-corrected chi connectivity index (χ3v) is 6.02. The normalized spacial score (nSPS) is 18.2. The number of furan rings is 1. The lowest BCUT2D eigenvalue weighted by atomic mass is 10.1. The number of fused-ring (bicyclic) bond motifs is 1. The van der Waals surface area contributed by atoms with E-state index >= 15 is 0 Å². The Morgan fingerprint density at radius 2 is 2.17 bits per heavy atom. The van der Waals surface area contributed by atoms with Gasteiger partial charge in [-0.2, -0.15) is 11.8 Å². The van der Waals surface area contributed by atoms with Gasteiger partial charge < -0.3 is 19.5 Å². The van der Waals surface area contributed by atoms with Crippen LogP contribution in [0.2, 0.25) is 0 Å². The first-order valence-electron chi connectivity index (χ1n) is 9.96. The molecule has 0 aliphatic carbocycles. The van der Waals surface area contributed by atoms with Crippen LogP contribution in [0.4, 0.5) is 0 Å². The number of aliphatic hydroxyl groups is 1. The number of carboxylic acids is 1. The van der Waals surface area contributed by atoms with Crippen molar-refractivity contribution < 1.29 is 24.2 Å². The van der Waals surface area contributed by atoms with Crippen LogP contribution in [0.25, 0.3) is 11.0 Å². The van der Waals surface area contributed by atoms with Crippen molar-refractivity contribution in [1.29, 1.82) is 0 Å². The summed E-state index contributed by atoms with van der Waals surface area (Å²) in [6.45, 7) is 0.644. The van der Waals surface area contributed by atoms with E-state index in [1.165, 1.54) is 0 Å².